The zero-order valence-corrected chi connectivity index (χ0v) is 15.2. The smallest absolute Gasteiger partial charge is 0.372 e. The number of rotatable bonds is 4. The Kier molecular flexibility index (Phi) is 5.60. The summed E-state index contributed by atoms with van der Waals surface area (Å²) < 4.78 is 58.3. The summed E-state index contributed by atoms with van der Waals surface area (Å²) in [6.45, 7) is 3.74. The lowest BCUT2D eigenvalue weighted by Crippen LogP contribution is -2.40. The molecule has 0 heterocycles. The molecule has 0 N–H and O–H groups in total. The molecule has 0 radical (unpaired) electrons. The molecule has 6 heteroatoms. The fourth-order valence-electron chi connectivity index (χ4n) is 2.88. The zero-order valence-electron chi connectivity index (χ0n) is 13.6. The normalized spacial score (nSPS) is 24.8. The molecule has 1 nitrogen and oxygen atoms in total. The van der Waals surface area contributed by atoms with Crippen LogP contribution in [0.25, 0.3) is 0 Å². The molecule has 0 amide bonds. The van der Waals surface area contributed by atoms with Gasteiger partial charge in [-0.2, -0.15) is 13.2 Å². The van der Waals surface area contributed by atoms with Gasteiger partial charge in [0.15, 0.2) is 0 Å². The summed E-state index contributed by atoms with van der Waals surface area (Å²) in [5.41, 5.74) is -0.513. The van der Waals surface area contributed by atoms with E-state index in [1.54, 1.807) is 6.08 Å². The summed E-state index contributed by atoms with van der Waals surface area (Å²) in [5, 5.41) is 0.317. The number of allylic oxidation sites excluding steroid dienone is 2. The van der Waals surface area contributed by atoms with E-state index in [2.05, 4.69) is 15.9 Å². The van der Waals surface area contributed by atoms with Crippen LogP contribution in [0, 0.1) is 5.92 Å². The third-order valence-electron chi connectivity index (χ3n) is 4.33. The maximum absolute atomic E-state index is 14.4. The molecule has 1 aliphatic rings. The first-order valence-electron chi connectivity index (χ1n) is 7.53. The molecule has 0 saturated carbocycles. The number of alkyl halides is 4. The highest BCUT2D eigenvalue weighted by atomic mass is 79.9. The van der Waals surface area contributed by atoms with Gasteiger partial charge in [-0.25, -0.2) is 4.39 Å². The number of hydrogen-bond donors (Lipinski definition) is 0. The van der Waals surface area contributed by atoms with Crippen molar-refractivity contribution in [3.63, 3.8) is 0 Å². The number of benzene rings is 1. The number of hydrogen-bond acceptors (Lipinski definition) is 1. The molecular formula is C18H19BrF4O. The molecule has 0 bridgehead atoms. The Bertz CT molecular complexity index is 640. The Balaban J connectivity index is 2.51. The van der Waals surface area contributed by atoms with Crippen molar-refractivity contribution >= 4 is 15.9 Å². The monoisotopic (exact) mass is 406 g/mol. The van der Waals surface area contributed by atoms with Crippen LogP contribution in [0.1, 0.15) is 30.9 Å². The quantitative estimate of drug-likeness (QED) is 0.438. The van der Waals surface area contributed by atoms with E-state index >= 15 is 0 Å². The Hall–Kier alpha value is -1.14. The van der Waals surface area contributed by atoms with Crippen molar-refractivity contribution in [3.05, 3.63) is 58.9 Å². The lowest BCUT2D eigenvalue weighted by Gasteiger charge is -2.38. The van der Waals surface area contributed by atoms with Crippen LogP contribution in [0.2, 0.25) is 0 Å². The van der Waals surface area contributed by atoms with E-state index in [1.165, 1.54) is 25.3 Å². The molecule has 0 aliphatic heterocycles. The lowest BCUT2D eigenvalue weighted by atomic mass is 9.76. The van der Waals surface area contributed by atoms with Crippen molar-refractivity contribution in [2.24, 2.45) is 5.92 Å². The molecular weight excluding hydrogens is 388 g/mol. The lowest BCUT2D eigenvalue weighted by molar-refractivity contribution is -0.137. The van der Waals surface area contributed by atoms with Crippen molar-refractivity contribution in [1.82, 2.24) is 0 Å². The first-order chi connectivity index (χ1) is 11.1. The van der Waals surface area contributed by atoms with E-state index in [0.717, 1.165) is 12.1 Å². The number of halogens is 5. The highest BCUT2D eigenvalue weighted by Gasteiger charge is 2.41. The zero-order chi connectivity index (χ0) is 18.1. The second-order valence-corrected chi connectivity index (χ2v) is 6.72. The largest absolute Gasteiger partial charge is 0.416 e. The Morgan fingerprint density at radius 1 is 1.21 bits per heavy atom. The molecule has 1 aliphatic carbocycles. The van der Waals surface area contributed by atoms with Crippen molar-refractivity contribution < 1.29 is 22.3 Å². The highest BCUT2D eigenvalue weighted by molar-refractivity contribution is 9.09. The molecule has 2 rings (SSSR count). The Morgan fingerprint density at radius 3 is 2.21 bits per heavy atom. The van der Waals surface area contributed by atoms with Gasteiger partial charge in [-0.3, -0.25) is 0 Å². The van der Waals surface area contributed by atoms with Gasteiger partial charge in [-0.05, 0) is 35.3 Å². The molecule has 1 aromatic carbocycles. The van der Waals surface area contributed by atoms with Crippen molar-refractivity contribution in [2.75, 3.05) is 12.4 Å². The Labute approximate surface area is 147 Å². The maximum Gasteiger partial charge on any atom is 0.416 e. The summed E-state index contributed by atoms with van der Waals surface area (Å²) >= 11 is 3.35. The molecule has 2 unspecified atom stereocenters. The van der Waals surface area contributed by atoms with Gasteiger partial charge in [0.2, 0.25) is 0 Å². The van der Waals surface area contributed by atoms with Gasteiger partial charge < -0.3 is 4.74 Å². The van der Waals surface area contributed by atoms with Crippen LogP contribution in [0.5, 0.6) is 0 Å². The average molecular weight is 407 g/mol. The van der Waals surface area contributed by atoms with Gasteiger partial charge in [0.1, 0.15) is 11.4 Å². The molecule has 1 aromatic rings. The summed E-state index contributed by atoms with van der Waals surface area (Å²) in [6.07, 6.45) is -1.21. The predicted molar refractivity (Wildman–Crippen MR) is 89.8 cm³/mol. The first-order valence-corrected chi connectivity index (χ1v) is 8.65. The van der Waals surface area contributed by atoms with E-state index in [-0.39, 0.29) is 17.7 Å². The van der Waals surface area contributed by atoms with E-state index in [9.17, 15) is 17.6 Å². The fourth-order valence-corrected chi connectivity index (χ4v) is 3.62. The van der Waals surface area contributed by atoms with E-state index < -0.39 is 17.3 Å². The van der Waals surface area contributed by atoms with Crippen LogP contribution in [-0.4, -0.2) is 18.0 Å². The third-order valence-corrected chi connectivity index (χ3v) is 5.20. The average Bonchev–Trinajstić information content (AvgIpc) is 2.53. The number of methoxy groups -OCH3 is 1. The minimum absolute atomic E-state index is 0.0385. The molecule has 0 saturated heterocycles. The van der Waals surface area contributed by atoms with Crippen LogP contribution < -0.4 is 0 Å². The molecule has 0 aromatic heterocycles. The summed E-state index contributed by atoms with van der Waals surface area (Å²) in [7, 11) is 1.47. The second-order valence-electron chi connectivity index (χ2n) is 6.16. The molecule has 2 atom stereocenters. The summed E-state index contributed by atoms with van der Waals surface area (Å²) in [4.78, 5) is 0. The van der Waals surface area contributed by atoms with Gasteiger partial charge in [-0.1, -0.05) is 48.0 Å². The highest BCUT2D eigenvalue weighted by Crippen LogP contribution is 2.44. The molecule has 24 heavy (non-hydrogen) atoms. The minimum Gasteiger partial charge on any atom is -0.372 e. The molecule has 132 valence electrons. The van der Waals surface area contributed by atoms with Gasteiger partial charge in [0.05, 0.1) is 5.56 Å². The first kappa shape index (κ1) is 19.2. The third kappa shape index (κ3) is 3.59. The van der Waals surface area contributed by atoms with Gasteiger partial charge in [0.25, 0.3) is 0 Å². The number of ether oxygens (including phenoxy) is 1. The predicted octanol–water partition coefficient (Wildman–Crippen LogP) is 6.02. The van der Waals surface area contributed by atoms with Crippen molar-refractivity contribution in [3.8, 4) is 0 Å². The van der Waals surface area contributed by atoms with Crippen LogP contribution in [-0.2, 0) is 10.9 Å². The fraction of sp³-hybridized carbons (Fsp3) is 0.444. The SMILES string of the molecule is COC1(CBr)C=C(F)C(C(C)C)=CC1c1ccc(C(F)(F)F)cc1. The molecule has 0 spiro atoms. The van der Waals surface area contributed by atoms with Gasteiger partial charge >= 0.3 is 6.18 Å². The van der Waals surface area contributed by atoms with E-state index in [4.69, 9.17) is 4.74 Å². The maximum atomic E-state index is 14.4. The van der Waals surface area contributed by atoms with Crippen LogP contribution >= 0.6 is 15.9 Å². The van der Waals surface area contributed by atoms with E-state index in [1.807, 2.05) is 13.8 Å². The van der Waals surface area contributed by atoms with Crippen LogP contribution in [0.3, 0.4) is 0 Å². The molecule has 0 fully saturated rings. The van der Waals surface area contributed by atoms with Gasteiger partial charge in [0, 0.05) is 18.4 Å². The van der Waals surface area contributed by atoms with Crippen molar-refractivity contribution in [1.29, 1.82) is 0 Å². The Morgan fingerprint density at radius 2 is 1.79 bits per heavy atom. The van der Waals surface area contributed by atoms with Crippen LogP contribution in [0.15, 0.2) is 47.8 Å². The summed E-state index contributed by atoms with van der Waals surface area (Å²) in [6, 6.07) is 4.94. The topological polar surface area (TPSA) is 9.23 Å². The van der Waals surface area contributed by atoms with Crippen LogP contribution in [0.4, 0.5) is 17.6 Å². The minimum atomic E-state index is -4.39. The second kappa shape index (κ2) is 7.00. The summed E-state index contributed by atoms with van der Waals surface area (Å²) in [5.74, 6) is -0.779. The van der Waals surface area contributed by atoms with Gasteiger partial charge in [-0.15, -0.1) is 0 Å². The van der Waals surface area contributed by atoms with Crippen molar-refractivity contribution in [2.45, 2.75) is 31.5 Å². The van der Waals surface area contributed by atoms with E-state index in [0.29, 0.717) is 16.5 Å². The standard InChI is InChI=1S/C18H19BrF4O/c1-11(2)14-8-15(17(10-19,24-3)9-16(14)20)12-4-6-13(7-5-12)18(21,22)23/h4-9,11,15H,10H2,1-3H3.